The number of rotatable bonds is 13. The summed E-state index contributed by atoms with van der Waals surface area (Å²) in [5.41, 5.74) is 0. The van der Waals surface area contributed by atoms with E-state index in [1.54, 1.807) is 0 Å². The molecule has 1 aromatic carbocycles. The van der Waals surface area contributed by atoms with E-state index in [2.05, 4.69) is 4.90 Å². The van der Waals surface area contributed by atoms with Crippen molar-refractivity contribution in [2.24, 2.45) is 5.92 Å². The van der Waals surface area contributed by atoms with Gasteiger partial charge < -0.3 is 30.2 Å². The Morgan fingerprint density at radius 2 is 1.53 bits per heavy atom. The Balaban J connectivity index is 0.000000477. The molecule has 13 nitrogen and oxygen atoms in total. The molecule has 3 fully saturated rings. The van der Waals surface area contributed by atoms with E-state index in [0.717, 1.165) is 36.5 Å². The van der Waals surface area contributed by atoms with Crippen molar-refractivity contribution in [2.75, 3.05) is 26.2 Å². The number of unbranched alkanes of at least 4 members (excludes halogenated alkanes) is 2. The lowest BCUT2D eigenvalue weighted by Gasteiger charge is -2.28. The summed E-state index contributed by atoms with van der Waals surface area (Å²) < 4.78 is 28.0. The Labute approximate surface area is 268 Å². The molecule has 0 aliphatic carbocycles. The van der Waals surface area contributed by atoms with Crippen molar-refractivity contribution in [3.8, 4) is 0 Å². The van der Waals surface area contributed by atoms with Crippen LogP contribution in [-0.2, 0) is 29.2 Å². The number of likely N-dealkylation sites (tertiary alicyclic amines) is 2. The van der Waals surface area contributed by atoms with E-state index in [1.165, 1.54) is 56.6 Å². The number of hydrogen-bond acceptors (Lipinski definition) is 9. The van der Waals surface area contributed by atoms with Gasteiger partial charge in [0.1, 0.15) is 0 Å². The summed E-state index contributed by atoms with van der Waals surface area (Å²) in [6.45, 7) is 5.98. The normalized spacial score (nSPS) is 23.2. The largest absolute Gasteiger partial charge is 0.479 e. The van der Waals surface area contributed by atoms with Gasteiger partial charge in [0.15, 0.2) is 12.2 Å². The number of piperidine rings is 1. The van der Waals surface area contributed by atoms with E-state index < -0.39 is 46.1 Å². The van der Waals surface area contributed by atoms with E-state index in [1.807, 2.05) is 11.8 Å². The number of aliphatic hydroxyl groups excluding tert-OH is 2. The molecule has 4 N–H and O–H groups in total. The van der Waals surface area contributed by atoms with E-state index in [0.29, 0.717) is 30.8 Å². The number of sulfonamides is 1. The average molecular weight is 674 g/mol. The first-order chi connectivity index (χ1) is 21.3. The van der Waals surface area contributed by atoms with E-state index in [-0.39, 0.29) is 22.8 Å². The Morgan fingerprint density at radius 1 is 0.933 bits per heavy atom. The molecule has 4 rings (SSSR count). The topological polar surface area (TPSA) is 193 Å². The number of amides is 2. The van der Waals surface area contributed by atoms with Crippen molar-refractivity contribution in [1.82, 2.24) is 14.1 Å². The fraction of sp³-hybridized carbons (Fsp3) is 0.667. The number of aliphatic hydroxyl groups is 2. The Hall–Kier alpha value is -2.78. The van der Waals surface area contributed by atoms with Gasteiger partial charge in [0, 0.05) is 18.0 Å². The van der Waals surface area contributed by atoms with Gasteiger partial charge in [-0.3, -0.25) is 9.59 Å². The van der Waals surface area contributed by atoms with Crippen LogP contribution in [0.25, 0.3) is 0 Å². The zero-order valence-electron chi connectivity index (χ0n) is 25.5. The second-order valence-corrected chi connectivity index (χ2v) is 14.0. The third kappa shape index (κ3) is 9.16. The van der Waals surface area contributed by atoms with Gasteiger partial charge in [0.05, 0.1) is 22.9 Å². The number of nitrogens with zero attached hydrogens (tertiary/aromatic N) is 3. The maximum absolute atomic E-state index is 13.5. The molecule has 2 unspecified atom stereocenters. The molecule has 0 saturated carbocycles. The van der Waals surface area contributed by atoms with Crippen LogP contribution in [0, 0.1) is 5.92 Å². The highest BCUT2D eigenvalue weighted by Gasteiger charge is 2.58. The first-order valence-electron chi connectivity index (χ1n) is 15.5. The highest BCUT2D eigenvalue weighted by Crippen LogP contribution is 2.42. The first kappa shape index (κ1) is 36.7. The van der Waals surface area contributed by atoms with Crippen LogP contribution >= 0.6 is 11.6 Å². The quantitative estimate of drug-likeness (QED) is 0.224. The highest BCUT2D eigenvalue weighted by molar-refractivity contribution is 7.89. The Bertz CT molecular complexity index is 1270. The summed E-state index contributed by atoms with van der Waals surface area (Å²) in [6, 6.07) is 5.05. The van der Waals surface area contributed by atoms with Gasteiger partial charge in [0.2, 0.25) is 11.8 Å². The molecule has 15 heteroatoms. The van der Waals surface area contributed by atoms with Crippen molar-refractivity contribution in [1.29, 1.82) is 0 Å². The Kier molecular flexibility index (Phi) is 13.6. The predicted molar refractivity (Wildman–Crippen MR) is 164 cm³/mol. The molecule has 3 aliphatic rings. The molecule has 5 atom stereocenters. The number of carboxylic acids is 2. The summed E-state index contributed by atoms with van der Waals surface area (Å²) in [4.78, 5) is 50.5. The zero-order valence-corrected chi connectivity index (χ0v) is 27.0. The average Bonchev–Trinajstić information content (AvgIpc) is 3.55. The third-order valence-corrected chi connectivity index (χ3v) is 10.7. The van der Waals surface area contributed by atoms with Crippen LogP contribution in [0.3, 0.4) is 0 Å². The lowest BCUT2D eigenvalue weighted by atomic mass is 9.94. The van der Waals surface area contributed by atoms with Crippen molar-refractivity contribution < 1.29 is 48.0 Å². The fourth-order valence-corrected chi connectivity index (χ4v) is 8.10. The third-order valence-electron chi connectivity index (χ3n) is 8.58. The van der Waals surface area contributed by atoms with Crippen molar-refractivity contribution in [3.05, 3.63) is 29.3 Å². The standard InChI is InChI=1S/C26H38ClN3O4S.C4H6O6/c1-2-9-22-25-23(30(26(22)32)35(33,34)21-13-11-20(27)12-14-21)15-19-29(25)24(31)10-5-3-6-16-28-17-7-4-8-18-28;5-1(3(7)8)2(6)4(9)10/h11-14,22-23,25H,2-10,15-19H2,1H3;1-2,5-6H,(H,7,8)(H,9,10)/t22-,23+,25-;/m1./s1. The molecule has 0 bridgehead atoms. The maximum atomic E-state index is 13.5. The summed E-state index contributed by atoms with van der Waals surface area (Å²) in [5, 5.41) is 33.0. The molecular weight excluding hydrogens is 630 g/mol. The van der Waals surface area contributed by atoms with Gasteiger partial charge in [0.25, 0.3) is 10.0 Å². The number of carbonyl (C=O) groups excluding carboxylic acids is 2. The molecule has 45 heavy (non-hydrogen) atoms. The van der Waals surface area contributed by atoms with Gasteiger partial charge >= 0.3 is 11.9 Å². The predicted octanol–water partition coefficient (Wildman–Crippen LogP) is 2.18. The molecular formula is C30H44ClN3O10S. The van der Waals surface area contributed by atoms with Crippen molar-refractivity contribution >= 4 is 45.4 Å². The number of benzene rings is 1. The smallest absolute Gasteiger partial charge is 0.335 e. The summed E-state index contributed by atoms with van der Waals surface area (Å²) >= 11 is 5.94. The first-order valence-corrected chi connectivity index (χ1v) is 17.3. The van der Waals surface area contributed by atoms with Crippen LogP contribution in [0.4, 0.5) is 0 Å². The summed E-state index contributed by atoms with van der Waals surface area (Å²) in [7, 11) is -4.01. The van der Waals surface area contributed by atoms with Gasteiger partial charge in [-0.25, -0.2) is 22.3 Å². The molecule has 0 radical (unpaired) electrons. The second-order valence-electron chi connectivity index (χ2n) is 11.7. The van der Waals surface area contributed by atoms with Gasteiger partial charge in [-0.2, -0.15) is 0 Å². The minimum Gasteiger partial charge on any atom is -0.479 e. The molecule has 3 heterocycles. The van der Waals surface area contributed by atoms with Crippen molar-refractivity contribution in [3.63, 3.8) is 0 Å². The van der Waals surface area contributed by atoms with Crippen molar-refractivity contribution in [2.45, 2.75) is 100 Å². The lowest BCUT2D eigenvalue weighted by molar-refractivity contribution is -0.165. The minimum atomic E-state index is -4.01. The number of aliphatic carboxylic acids is 2. The maximum Gasteiger partial charge on any atom is 0.335 e. The SMILES string of the molecule is CCC[C@H]1C(=O)N(S(=O)(=O)c2ccc(Cl)cc2)[C@H]2CCN(C(=O)CCCCCN3CCCCC3)[C@H]12.O=C(O)C(O)C(O)C(=O)O. The monoisotopic (exact) mass is 673 g/mol. The highest BCUT2D eigenvalue weighted by atomic mass is 35.5. The van der Waals surface area contributed by atoms with Crippen LogP contribution < -0.4 is 0 Å². The molecule has 252 valence electrons. The number of carboxylic acid groups (broad SMARTS) is 2. The van der Waals surface area contributed by atoms with Gasteiger partial charge in [-0.05, 0) is 82.4 Å². The lowest BCUT2D eigenvalue weighted by Crippen LogP contribution is -2.43. The molecule has 3 aliphatic heterocycles. The Morgan fingerprint density at radius 3 is 2.09 bits per heavy atom. The van der Waals surface area contributed by atoms with Gasteiger partial charge in [-0.15, -0.1) is 0 Å². The number of halogens is 1. The zero-order chi connectivity index (χ0) is 33.3. The van der Waals surface area contributed by atoms with Crippen LogP contribution in [0.5, 0.6) is 0 Å². The van der Waals surface area contributed by atoms with E-state index >= 15 is 0 Å². The molecule has 0 spiro atoms. The van der Waals surface area contributed by atoms with E-state index in [4.69, 9.17) is 32.0 Å². The van der Waals surface area contributed by atoms with Crippen LogP contribution in [-0.4, -0.2) is 117 Å². The molecule has 3 saturated heterocycles. The van der Waals surface area contributed by atoms with Crippen LogP contribution in [0.1, 0.15) is 71.1 Å². The second kappa shape index (κ2) is 16.7. The molecule has 1 aromatic rings. The number of hydrogen-bond donors (Lipinski definition) is 4. The number of fused-ring (bicyclic) bond motifs is 1. The fourth-order valence-electron chi connectivity index (χ4n) is 6.31. The number of carbonyl (C=O) groups is 4. The molecule has 0 aromatic heterocycles. The van der Waals surface area contributed by atoms with Gasteiger partial charge in [-0.1, -0.05) is 37.8 Å². The summed E-state index contributed by atoms with van der Waals surface area (Å²) in [6.07, 6.45) is 4.61. The van der Waals surface area contributed by atoms with Crippen LogP contribution in [0.15, 0.2) is 29.2 Å². The van der Waals surface area contributed by atoms with E-state index in [9.17, 15) is 27.6 Å². The molecule has 2 amide bonds. The van der Waals surface area contributed by atoms with Crippen LogP contribution in [0.2, 0.25) is 5.02 Å². The summed E-state index contributed by atoms with van der Waals surface area (Å²) in [5.74, 6) is -4.34. The minimum absolute atomic E-state index is 0.0510.